The lowest BCUT2D eigenvalue weighted by molar-refractivity contribution is 0.102. The number of rotatable bonds is 5. The minimum atomic E-state index is 0.0512. The Balaban J connectivity index is 1.95. The Labute approximate surface area is 122 Å². The lowest BCUT2D eigenvalue weighted by Crippen LogP contribution is -2.02. The molecule has 0 atom stereocenters. The van der Waals surface area contributed by atoms with Crippen molar-refractivity contribution < 1.29 is 9.53 Å². The Hall–Kier alpha value is -2.25. The zero-order chi connectivity index (χ0) is 14.4. The second-order valence-corrected chi connectivity index (χ2v) is 5.13. The number of methoxy groups -OCH3 is 1. The van der Waals surface area contributed by atoms with E-state index in [1.165, 1.54) is 11.8 Å². The second-order valence-electron chi connectivity index (χ2n) is 4.08. The van der Waals surface area contributed by atoms with Crippen LogP contribution in [0.25, 0.3) is 0 Å². The number of Topliss-reactive ketones (excluding diaryl/α,β-unsaturated/α-hetero) is 1. The highest BCUT2D eigenvalue weighted by Crippen LogP contribution is 2.22. The molecule has 20 heavy (non-hydrogen) atoms. The van der Waals surface area contributed by atoms with Crippen LogP contribution in [-0.4, -0.2) is 18.6 Å². The van der Waals surface area contributed by atoms with Gasteiger partial charge in [-0.3, -0.25) is 4.79 Å². The third kappa shape index (κ3) is 3.62. The van der Waals surface area contributed by atoms with Crippen LogP contribution in [0, 0.1) is 11.3 Å². The minimum absolute atomic E-state index is 0.0512. The van der Waals surface area contributed by atoms with E-state index >= 15 is 0 Å². The highest BCUT2D eigenvalue weighted by Gasteiger charge is 2.06. The Morgan fingerprint density at radius 3 is 2.35 bits per heavy atom. The van der Waals surface area contributed by atoms with Crippen LogP contribution in [0.5, 0.6) is 5.75 Å². The number of nitrogens with zero attached hydrogens (tertiary/aromatic N) is 1. The number of ether oxygens (including phenoxy) is 1. The fraction of sp³-hybridized carbons (Fsp3) is 0.125. The van der Waals surface area contributed by atoms with Crippen LogP contribution in [-0.2, 0) is 0 Å². The molecule has 2 rings (SSSR count). The molecule has 2 aromatic rings. The highest BCUT2D eigenvalue weighted by atomic mass is 32.2. The first-order chi connectivity index (χ1) is 9.72. The molecule has 0 amide bonds. The molecule has 0 unspecified atom stereocenters. The number of thioether (sulfide) groups is 1. The van der Waals surface area contributed by atoms with E-state index in [9.17, 15) is 4.79 Å². The molecule has 0 fully saturated rings. The summed E-state index contributed by atoms with van der Waals surface area (Å²) in [4.78, 5) is 13.0. The first-order valence-electron chi connectivity index (χ1n) is 6.03. The Bertz CT molecular complexity index is 627. The van der Waals surface area contributed by atoms with Gasteiger partial charge in [-0.1, -0.05) is 12.1 Å². The Kier molecular flexibility index (Phi) is 4.80. The van der Waals surface area contributed by atoms with Crippen LogP contribution < -0.4 is 4.74 Å². The van der Waals surface area contributed by atoms with Gasteiger partial charge in [0.1, 0.15) is 5.75 Å². The van der Waals surface area contributed by atoms with Crippen molar-refractivity contribution in [2.24, 2.45) is 0 Å². The van der Waals surface area contributed by atoms with E-state index in [1.807, 2.05) is 30.3 Å². The second kappa shape index (κ2) is 6.78. The zero-order valence-electron chi connectivity index (χ0n) is 11.0. The number of carbonyl (C=O) groups is 1. The molecule has 2 aromatic carbocycles. The smallest absolute Gasteiger partial charge is 0.173 e. The predicted molar refractivity (Wildman–Crippen MR) is 79.2 cm³/mol. The van der Waals surface area contributed by atoms with Crippen LogP contribution in [0.4, 0.5) is 0 Å². The maximum absolute atomic E-state index is 12.0. The summed E-state index contributed by atoms with van der Waals surface area (Å²) < 4.78 is 5.08. The standard InChI is InChI=1S/C16H13NO2S/c1-19-14-6-8-15(9-7-14)20-11-16(18)13-4-2-12(10-17)3-5-13/h2-9H,11H2,1H3. The fourth-order valence-corrected chi connectivity index (χ4v) is 2.43. The lowest BCUT2D eigenvalue weighted by Gasteiger charge is -2.03. The Morgan fingerprint density at radius 2 is 1.80 bits per heavy atom. The first kappa shape index (κ1) is 14.2. The molecule has 4 heteroatoms. The van der Waals surface area contributed by atoms with Gasteiger partial charge in [0, 0.05) is 10.5 Å². The molecular formula is C16H13NO2S. The molecule has 0 bridgehead atoms. The molecule has 0 aliphatic heterocycles. The van der Waals surface area contributed by atoms with Crippen LogP contribution in [0.1, 0.15) is 15.9 Å². The summed E-state index contributed by atoms with van der Waals surface area (Å²) in [6, 6.07) is 16.3. The molecule has 0 N–H and O–H groups in total. The predicted octanol–water partition coefficient (Wildman–Crippen LogP) is 3.54. The fourth-order valence-electron chi connectivity index (χ4n) is 1.63. The molecule has 3 nitrogen and oxygen atoms in total. The van der Waals surface area contributed by atoms with Gasteiger partial charge in [0.2, 0.25) is 0 Å². The molecule has 0 aromatic heterocycles. The van der Waals surface area contributed by atoms with Crippen molar-refractivity contribution in [1.82, 2.24) is 0 Å². The molecule has 0 saturated carbocycles. The van der Waals surface area contributed by atoms with Crippen molar-refractivity contribution in [1.29, 1.82) is 5.26 Å². The Morgan fingerprint density at radius 1 is 1.15 bits per heavy atom. The van der Waals surface area contributed by atoms with Gasteiger partial charge in [0.25, 0.3) is 0 Å². The van der Waals surface area contributed by atoms with Crippen LogP contribution >= 0.6 is 11.8 Å². The van der Waals surface area contributed by atoms with Gasteiger partial charge in [-0.15, -0.1) is 11.8 Å². The number of hydrogen-bond acceptors (Lipinski definition) is 4. The zero-order valence-corrected chi connectivity index (χ0v) is 11.8. The first-order valence-corrected chi connectivity index (χ1v) is 7.01. The third-order valence-electron chi connectivity index (χ3n) is 2.77. The van der Waals surface area contributed by atoms with E-state index in [2.05, 4.69) is 0 Å². The highest BCUT2D eigenvalue weighted by molar-refractivity contribution is 8.00. The number of nitriles is 1. The van der Waals surface area contributed by atoms with Crippen LogP contribution in [0.3, 0.4) is 0 Å². The van der Waals surface area contributed by atoms with E-state index < -0.39 is 0 Å². The monoisotopic (exact) mass is 283 g/mol. The summed E-state index contributed by atoms with van der Waals surface area (Å²) in [5, 5.41) is 8.71. The summed E-state index contributed by atoms with van der Waals surface area (Å²) in [5.74, 6) is 1.22. The minimum Gasteiger partial charge on any atom is -0.497 e. The van der Waals surface area contributed by atoms with Gasteiger partial charge in [0.15, 0.2) is 5.78 Å². The summed E-state index contributed by atoms with van der Waals surface area (Å²) in [6.45, 7) is 0. The summed E-state index contributed by atoms with van der Waals surface area (Å²) in [6.07, 6.45) is 0. The number of ketones is 1. The lowest BCUT2D eigenvalue weighted by atomic mass is 10.1. The van der Waals surface area contributed by atoms with Gasteiger partial charge >= 0.3 is 0 Å². The van der Waals surface area contributed by atoms with Gasteiger partial charge in [0.05, 0.1) is 24.5 Å². The van der Waals surface area contributed by atoms with Crippen molar-refractivity contribution in [3.8, 4) is 11.8 Å². The van der Waals surface area contributed by atoms with Crippen LogP contribution in [0.2, 0.25) is 0 Å². The average Bonchev–Trinajstić information content (AvgIpc) is 2.53. The molecule has 0 aliphatic carbocycles. The van der Waals surface area contributed by atoms with E-state index in [-0.39, 0.29) is 5.78 Å². The summed E-state index contributed by atoms with van der Waals surface area (Å²) >= 11 is 1.48. The number of carbonyl (C=O) groups excluding carboxylic acids is 1. The van der Waals surface area contributed by atoms with Gasteiger partial charge < -0.3 is 4.74 Å². The van der Waals surface area contributed by atoms with Crippen molar-refractivity contribution in [2.45, 2.75) is 4.90 Å². The molecular weight excluding hydrogens is 270 g/mol. The maximum Gasteiger partial charge on any atom is 0.173 e. The van der Waals surface area contributed by atoms with Gasteiger partial charge in [-0.2, -0.15) is 5.26 Å². The van der Waals surface area contributed by atoms with Crippen molar-refractivity contribution in [2.75, 3.05) is 12.9 Å². The SMILES string of the molecule is COc1ccc(SCC(=O)c2ccc(C#N)cc2)cc1. The molecule has 0 heterocycles. The van der Waals surface area contributed by atoms with Crippen molar-refractivity contribution in [3.05, 3.63) is 59.7 Å². The van der Waals surface area contributed by atoms with Crippen LogP contribution in [0.15, 0.2) is 53.4 Å². The topological polar surface area (TPSA) is 50.1 Å². The normalized spacial score (nSPS) is 9.80. The number of hydrogen-bond donors (Lipinski definition) is 0. The largest absolute Gasteiger partial charge is 0.497 e. The van der Waals surface area contributed by atoms with E-state index in [0.717, 1.165) is 10.6 Å². The van der Waals surface area contributed by atoms with Gasteiger partial charge in [-0.25, -0.2) is 0 Å². The molecule has 100 valence electrons. The maximum atomic E-state index is 12.0. The average molecular weight is 283 g/mol. The summed E-state index contributed by atoms with van der Waals surface area (Å²) in [5.41, 5.74) is 1.19. The van der Waals surface area contributed by atoms with Crippen molar-refractivity contribution >= 4 is 17.5 Å². The molecule has 0 radical (unpaired) electrons. The van der Waals surface area contributed by atoms with E-state index in [1.54, 1.807) is 31.4 Å². The van der Waals surface area contributed by atoms with E-state index in [0.29, 0.717) is 16.9 Å². The quantitative estimate of drug-likeness (QED) is 0.622. The molecule has 0 saturated heterocycles. The third-order valence-corrected chi connectivity index (χ3v) is 3.78. The molecule has 0 spiro atoms. The molecule has 0 aliphatic rings. The van der Waals surface area contributed by atoms with E-state index in [4.69, 9.17) is 10.00 Å². The summed E-state index contributed by atoms with van der Waals surface area (Å²) in [7, 11) is 1.62. The van der Waals surface area contributed by atoms with Gasteiger partial charge in [-0.05, 0) is 36.4 Å². The number of benzene rings is 2. The van der Waals surface area contributed by atoms with Crippen molar-refractivity contribution in [3.63, 3.8) is 0 Å².